The molecule has 2 heteroatoms. The predicted molar refractivity (Wildman–Crippen MR) is 50.6 cm³/mol. The van der Waals surface area contributed by atoms with Crippen LogP contribution < -0.4 is 0 Å². The Morgan fingerprint density at radius 2 is 1.82 bits per heavy atom. The van der Waals surface area contributed by atoms with Crippen molar-refractivity contribution in [2.24, 2.45) is 0 Å². The van der Waals surface area contributed by atoms with Crippen molar-refractivity contribution in [1.82, 2.24) is 0 Å². The first kappa shape index (κ1) is 8.89. The topological polar surface area (TPSA) is 0 Å². The monoisotopic (exact) mass is 188 g/mol. The van der Waals surface area contributed by atoms with E-state index in [1.807, 2.05) is 12.1 Å². The van der Waals surface area contributed by atoms with E-state index in [-0.39, 0.29) is 0 Å². The van der Waals surface area contributed by atoms with Gasteiger partial charge >= 0.3 is 0 Å². The molecule has 1 aromatic rings. The molecular weight excluding hydrogens is 179 g/mol. The molecule has 0 aliphatic carbocycles. The minimum atomic E-state index is 0.432. The minimum Gasteiger partial charge on any atom is -0.0827 e. The lowest BCUT2D eigenvalue weighted by molar-refractivity contribution is 0.867. The molecule has 0 N–H and O–H groups in total. The molecule has 0 unspecified atom stereocenters. The van der Waals surface area contributed by atoms with E-state index in [1.54, 1.807) is 6.07 Å². The molecule has 0 spiro atoms. The first-order valence-corrected chi connectivity index (χ1v) is 4.32. The standard InChI is InChI=1S/C9H10Cl2/c1-6(2)7-4-3-5-8(10)9(7)11/h3-6H,1-2H3. The van der Waals surface area contributed by atoms with Gasteiger partial charge in [-0.1, -0.05) is 49.2 Å². The summed E-state index contributed by atoms with van der Waals surface area (Å²) < 4.78 is 0. The zero-order chi connectivity index (χ0) is 8.43. The zero-order valence-electron chi connectivity index (χ0n) is 6.57. The van der Waals surface area contributed by atoms with E-state index in [4.69, 9.17) is 23.2 Å². The van der Waals surface area contributed by atoms with Gasteiger partial charge in [0.05, 0.1) is 10.0 Å². The van der Waals surface area contributed by atoms with Gasteiger partial charge in [0.15, 0.2) is 0 Å². The zero-order valence-corrected chi connectivity index (χ0v) is 8.08. The van der Waals surface area contributed by atoms with Crippen LogP contribution in [0.1, 0.15) is 25.3 Å². The van der Waals surface area contributed by atoms with E-state index < -0.39 is 0 Å². The van der Waals surface area contributed by atoms with Gasteiger partial charge < -0.3 is 0 Å². The van der Waals surface area contributed by atoms with E-state index in [9.17, 15) is 0 Å². The van der Waals surface area contributed by atoms with Crippen LogP contribution in [0.5, 0.6) is 0 Å². The van der Waals surface area contributed by atoms with Crippen LogP contribution in [0.15, 0.2) is 18.2 Å². The van der Waals surface area contributed by atoms with E-state index in [0.717, 1.165) is 5.56 Å². The maximum Gasteiger partial charge on any atom is 0.0626 e. The molecule has 0 aliphatic rings. The summed E-state index contributed by atoms with van der Waals surface area (Å²) >= 11 is 11.8. The highest BCUT2D eigenvalue weighted by atomic mass is 35.5. The fourth-order valence-electron chi connectivity index (χ4n) is 0.966. The van der Waals surface area contributed by atoms with Crippen LogP contribution in [0.3, 0.4) is 0 Å². The third-order valence-electron chi connectivity index (χ3n) is 1.60. The molecule has 1 aromatic carbocycles. The fourth-order valence-corrected chi connectivity index (χ4v) is 1.49. The van der Waals surface area contributed by atoms with E-state index in [2.05, 4.69) is 13.8 Å². The molecule has 0 saturated carbocycles. The molecule has 0 nitrogen and oxygen atoms in total. The Balaban J connectivity index is 3.17. The summed E-state index contributed by atoms with van der Waals surface area (Å²) in [6, 6.07) is 5.72. The van der Waals surface area contributed by atoms with Crippen molar-refractivity contribution < 1.29 is 0 Å². The molecule has 60 valence electrons. The van der Waals surface area contributed by atoms with Crippen molar-refractivity contribution in [2.75, 3.05) is 0 Å². The molecular formula is C9H10Cl2. The van der Waals surface area contributed by atoms with Gasteiger partial charge in [-0.25, -0.2) is 0 Å². The molecule has 0 radical (unpaired) electrons. The van der Waals surface area contributed by atoms with Gasteiger partial charge in [-0.05, 0) is 17.5 Å². The van der Waals surface area contributed by atoms with Gasteiger partial charge in [-0.15, -0.1) is 0 Å². The number of hydrogen-bond donors (Lipinski definition) is 0. The molecule has 0 aromatic heterocycles. The van der Waals surface area contributed by atoms with Gasteiger partial charge in [0.2, 0.25) is 0 Å². The van der Waals surface area contributed by atoms with E-state index >= 15 is 0 Å². The third kappa shape index (κ3) is 1.88. The number of rotatable bonds is 1. The number of benzene rings is 1. The second-order valence-electron chi connectivity index (χ2n) is 2.80. The van der Waals surface area contributed by atoms with Gasteiger partial charge in [-0.2, -0.15) is 0 Å². The first-order chi connectivity index (χ1) is 5.13. The highest BCUT2D eigenvalue weighted by Gasteiger charge is 2.06. The van der Waals surface area contributed by atoms with Crippen LogP contribution in [-0.4, -0.2) is 0 Å². The Kier molecular flexibility index (Phi) is 2.80. The molecule has 1 rings (SSSR count). The third-order valence-corrected chi connectivity index (χ3v) is 2.44. The minimum absolute atomic E-state index is 0.432. The van der Waals surface area contributed by atoms with Crippen LogP contribution in [0, 0.1) is 0 Å². The second-order valence-corrected chi connectivity index (χ2v) is 3.58. The largest absolute Gasteiger partial charge is 0.0827 e. The molecule has 11 heavy (non-hydrogen) atoms. The van der Waals surface area contributed by atoms with Crippen LogP contribution in [0.2, 0.25) is 10.0 Å². The molecule has 0 aliphatic heterocycles. The maximum absolute atomic E-state index is 5.96. The smallest absolute Gasteiger partial charge is 0.0626 e. The summed E-state index contributed by atoms with van der Waals surface area (Å²) in [7, 11) is 0. The Morgan fingerprint density at radius 1 is 1.18 bits per heavy atom. The number of halogens is 2. The van der Waals surface area contributed by atoms with Gasteiger partial charge in [0, 0.05) is 0 Å². The SMILES string of the molecule is CC(C)c1cccc(Cl)c1Cl. The van der Waals surface area contributed by atoms with Crippen molar-refractivity contribution in [3.63, 3.8) is 0 Å². The van der Waals surface area contributed by atoms with Crippen molar-refractivity contribution >= 4 is 23.2 Å². The Bertz CT molecular complexity index is 254. The molecule has 0 saturated heterocycles. The Labute approximate surface area is 77.1 Å². The van der Waals surface area contributed by atoms with E-state index in [0.29, 0.717) is 16.0 Å². The lowest BCUT2D eigenvalue weighted by Gasteiger charge is -2.07. The summed E-state index contributed by atoms with van der Waals surface area (Å²) in [5.41, 5.74) is 1.11. The molecule has 0 heterocycles. The highest BCUT2D eigenvalue weighted by molar-refractivity contribution is 6.42. The van der Waals surface area contributed by atoms with Gasteiger partial charge in [-0.3, -0.25) is 0 Å². The van der Waals surface area contributed by atoms with Crippen molar-refractivity contribution in [1.29, 1.82) is 0 Å². The quantitative estimate of drug-likeness (QED) is 0.623. The molecule has 0 bridgehead atoms. The normalized spacial score (nSPS) is 10.6. The lowest BCUT2D eigenvalue weighted by atomic mass is 10.0. The lowest BCUT2D eigenvalue weighted by Crippen LogP contribution is -1.88. The Hall–Kier alpha value is -0.200. The average molecular weight is 189 g/mol. The Morgan fingerprint density at radius 3 is 2.27 bits per heavy atom. The summed E-state index contributed by atoms with van der Waals surface area (Å²) in [5, 5.41) is 1.32. The highest BCUT2D eigenvalue weighted by Crippen LogP contribution is 2.30. The summed E-state index contributed by atoms with van der Waals surface area (Å²) in [5.74, 6) is 0.432. The average Bonchev–Trinajstić information content (AvgIpc) is 1.94. The van der Waals surface area contributed by atoms with Crippen LogP contribution in [0.4, 0.5) is 0 Å². The van der Waals surface area contributed by atoms with E-state index in [1.165, 1.54) is 0 Å². The van der Waals surface area contributed by atoms with Crippen LogP contribution in [-0.2, 0) is 0 Å². The first-order valence-electron chi connectivity index (χ1n) is 3.57. The summed E-state index contributed by atoms with van der Waals surface area (Å²) in [4.78, 5) is 0. The van der Waals surface area contributed by atoms with Crippen LogP contribution in [0.25, 0.3) is 0 Å². The van der Waals surface area contributed by atoms with Gasteiger partial charge in [0.25, 0.3) is 0 Å². The number of hydrogen-bond acceptors (Lipinski definition) is 0. The summed E-state index contributed by atoms with van der Waals surface area (Å²) in [6.45, 7) is 4.19. The van der Waals surface area contributed by atoms with Crippen LogP contribution >= 0.6 is 23.2 Å². The fraction of sp³-hybridized carbons (Fsp3) is 0.333. The maximum atomic E-state index is 5.96. The molecule has 0 amide bonds. The van der Waals surface area contributed by atoms with Crippen molar-refractivity contribution in [3.8, 4) is 0 Å². The predicted octanol–water partition coefficient (Wildman–Crippen LogP) is 4.12. The second kappa shape index (κ2) is 3.46. The van der Waals surface area contributed by atoms with Crippen molar-refractivity contribution in [2.45, 2.75) is 19.8 Å². The van der Waals surface area contributed by atoms with Crippen molar-refractivity contribution in [3.05, 3.63) is 33.8 Å². The molecule has 0 fully saturated rings. The molecule has 0 atom stereocenters. The van der Waals surface area contributed by atoms with Gasteiger partial charge in [0.1, 0.15) is 0 Å². The summed E-state index contributed by atoms with van der Waals surface area (Å²) in [6.07, 6.45) is 0.